The second kappa shape index (κ2) is 6.84. The average molecular weight is 269 g/mol. The number of carbonyl (C=O) groups is 2. The quantitative estimate of drug-likeness (QED) is 0.710. The predicted octanol–water partition coefficient (Wildman–Crippen LogP) is 0.708. The van der Waals surface area contributed by atoms with E-state index in [-0.39, 0.29) is 12.2 Å². The van der Waals surface area contributed by atoms with Crippen LogP contribution < -0.4 is 5.32 Å². The summed E-state index contributed by atoms with van der Waals surface area (Å²) < 4.78 is 12.7. The van der Waals surface area contributed by atoms with E-state index in [2.05, 4.69) is 5.32 Å². The molecule has 1 amide bonds. The van der Waals surface area contributed by atoms with E-state index in [1.54, 1.807) is 12.1 Å². The smallest absolute Gasteiger partial charge is 0.328 e. The van der Waals surface area contributed by atoms with Gasteiger partial charge in [0.25, 0.3) is 0 Å². The third-order valence-electron chi connectivity index (χ3n) is 2.62. The van der Waals surface area contributed by atoms with Crippen molar-refractivity contribution in [3.63, 3.8) is 0 Å². The molecule has 0 saturated carbocycles. The Balaban J connectivity index is 2.47. The van der Waals surface area contributed by atoms with Crippen LogP contribution in [0.5, 0.6) is 0 Å². The highest BCUT2D eigenvalue weighted by molar-refractivity contribution is 5.84. The SMILES string of the molecule is C[C@@H](O)[C@H](NC(=O)CCc1ccc(F)cc1)C(=O)O. The summed E-state index contributed by atoms with van der Waals surface area (Å²) in [5, 5.41) is 20.2. The third kappa shape index (κ3) is 5.05. The molecule has 0 fully saturated rings. The molecular weight excluding hydrogens is 253 g/mol. The number of aliphatic carboxylic acids is 1. The molecule has 0 aliphatic heterocycles. The van der Waals surface area contributed by atoms with Crippen molar-refractivity contribution in [2.75, 3.05) is 0 Å². The maximum atomic E-state index is 12.7. The van der Waals surface area contributed by atoms with Crippen LogP contribution >= 0.6 is 0 Å². The summed E-state index contributed by atoms with van der Waals surface area (Å²) in [5.74, 6) is -2.11. The van der Waals surface area contributed by atoms with Crippen LogP contribution in [-0.2, 0) is 16.0 Å². The monoisotopic (exact) mass is 269 g/mol. The van der Waals surface area contributed by atoms with Crippen LogP contribution in [0.2, 0.25) is 0 Å². The van der Waals surface area contributed by atoms with E-state index in [9.17, 15) is 19.1 Å². The zero-order chi connectivity index (χ0) is 14.4. The second-order valence-corrected chi connectivity index (χ2v) is 4.25. The van der Waals surface area contributed by atoms with Crippen molar-refractivity contribution in [3.05, 3.63) is 35.6 Å². The zero-order valence-corrected chi connectivity index (χ0v) is 10.5. The Kier molecular flexibility index (Phi) is 5.44. The van der Waals surface area contributed by atoms with E-state index in [0.29, 0.717) is 6.42 Å². The van der Waals surface area contributed by atoms with Gasteiger partial charge in [0.05, 0.1) is 6.10 Å². The lowest BCUT2D eigenvalue weighted by Gasteiger charge is -2.16. The van der Waals surface area contributed by atoms with Gasteiger partial charge in [0.2, 0.25) is 5.91 Å². The van der Waals surface area contributed by atoms with E-state index >= 15 is 0 Å². The van der Waals surface area contributed by atoms with Crippen LogP contribution in [-0.4, -0.2) is 34.2 Å². The summed E-state index contributed by atoms with van der Waals surface area (Å²) in [5.41, 5.74) is 0.778. The Morgan fingerprint density at radius 2 is 1.89 bits per heavy atom. The van der Waals surface area contributed by atoms with Crippen molar-refractivity contribution in [3.8, 4) is 0 Å². The third-order valence-corrected chi connectivity index (χ3v) is 2.62. The summed E-state index contributed by atoms with van der Waals surface area (Å²) in [6.07, 6.45) is -0.729. The normalized spacial score (nSPS) is 13.6. The molecule has 0 aliphatic rings. The van der Waals surface area contributed by atoms with Crippen LogP contribution in [0.1, 0.15) is 18.9 Å². The van der Waals surface area contributed by atoms with E-state index in [1.807, 2.05) is 0 Å². The molecule has 0 aliphatic carbocycles. The molecule has 1 aromatic rings. The molecule has 2 atom stereocenters. The fraction of sp³-hybridized carbons (Fsp3) is 0.385. The fourth-order valence-corrected chi connectivity index (χ4v) is 1.54. The van der Waals surface area contributed by atoms with Gasteiger partial charge in [-0.1, -0.05) is 12.1 Å². The van der Waals surface area contributed by atoms with Gasteiger partial charge in [-0.3, -0.25) is 4.79 Å². The van der Waals surface area contributed by atoms with Crippen LogP contribution in [0.25, 0.3) is 0 Å². The molecule has 0 spiro atoms. The molecule has 5 nitrogen and oxygen atoms in total. The minimum atomic E-state index is -1.32. The number of amides is 1. The van der Waals surface area contributed by atoms with E-state index in [1.165, 1.54) is 19.1 Å². The van der Waals surface area contributed by atoms with E-state index < -0.39 is 24.0 Å². The molecule has 6 heteroatoms. The Morgan fingerprint density at radius 1 is 1.32 bits per heavy atom. The van der Waals surface area contributed by atoms with E-state index in [4.69, 9.17) is 5.11 Å². The van der Waals surface area contributed by atoms with Gasteiger partial charge < -0.3 is 15.5 Å². The number of benzene rings is 1. The standard InChI is InChI=1S/C13H16FNO4/c1-8(16)12(13(18)19)15-11(17)7-4-9-2-5-10(14)6-3-9/h2-3,5-6,8,12,16H,4,7H2,1H3,(H,15,17)(H,18,19)/t8-,12+/m1/s1. The first kappa shape index (κ1) is 15.1. The van der Waals surface area contributed by atoms with Crippen molar-refractivity contribution < 1.29 is 24.2 Å². The fourth-order valence-electron chi connectivity index (χ4n) is 1.54. The highest BCUT2D eigenvalue weighted by Gasteiger charge is 2.24. The largest absolute Gasteiger partial charge is 0.480 e. The Labute approximate surface area is 110 Å². The average Bonchev–Trinajstić information content (AvgIpc) is 2.34. The van der Waals surface area contributed by atoms with E-state index in [0.717, 1.165) is 5.56 Å². The van der Waals surface area contributed by atoms with Crippen molar-refractivity contribution in [2.45, 2.75) is 31.9 Å². The summed E-state index contributed by atoms with van der Waals surface area (Å²) in [6, 6.07) is 4.39. The van der Waals surface area contributed by atoms with Gasteiger partial charge in [0, 0.05) is 6.42 Å². The van der Waals surface area contributed by atoms with Gasteiger partial charge >= 0.3 is 5.97 Å². The summed E-state index contributed by atoms with van der Waals surface area (Å²) in [6.45, 7) is 1.29. The first-order valence-corrected chi connectivity index (χ1v) is 5.85. The Morgan fingerprint density at radius 3 is 2.37 bits per heavy atom. The Hall–Kier alpha value is -1.95. The van der Waals surface area contributed by atoms with Gasteiger partial charge in [-0.05, 0) is 31.0 Å². The molecule has 1 aromatic carbocycles. The van der Waals surface area contributed by atoms with Gasteiger partial charge in [-0.25, -0.2) is 9.18 Å². The van der Waals surface area contributed by atoms with Gasteiger partial charge in [0.1, 0.15) is 5.82 Å². The molecule has 1 rings (SSSR count). The first-order chi connectivity index (χ1) is 8.90. The molecule has 0 aromatic heterocycles. The van der Waals surface area contributed by atoms with Crippen molar-refractivity contribution >= 4 is 11.9 Å². The van der Waals surface area contributed by atoms with Gasteiger partial charge in [-0.2, -0.15) is 0 Å². The lowest BCUT2D eigenvalue weighted by Crippen LogP contribution is -2.47. The lowest BCUT2D eigenvalue weighted by molar-refractivity contribution is -0.144. The summed E-state index contributed by atoms with van der Waals surface area (Å²) in [7, 11) is 0. The van der Waals surface area contributed by atoms with Crippen LogP contribution in [0.15, 0.2) is 24.3 Å². The highest BCUT2D eigenvalue weighted by Crippen LogP contribution is 2.05. The van der Waals surface area contributed by atoms with Gasteiger partial charge in [-0.15, -0.1) is 0 Å². The minimum absolute atomic E-state index is 0.0716. The Bertz CT molecular complexity index is 444. The minimum Gasteiger partial charge on any atom is -0.480 e. The molecule has 19 heavy (non-hydrogen) atoms. The van der Waals surface area contributed by atoms with Crippen LogP contribution in [0.4, 0.5) is 4.39 Å². The number of aliphatic hydroxyl groups excluding tert-OH is 1. The zero-order valence-electron chi connectivity index (χ0n) is 10.5. The van der Waals surface area contributed by atoms with Crippen LogP contribution in [0.3, 0.4) is 0 Å². The molecule has 0 radical (unpaired) electrons. The molecule has 3 N–H and O–H groups in total. The number of aliphatic hydroxyl groups is 1. The molecule has 104 valence electrons. The topological polar surface area (TPSA) is 86.6 Å². The number of carbonyl (C=O) groups excluding carboxylic acids is 1. The molecule has 0 bridgehead atoms. The van der Waals surface area contributed by atoms with Gasteiger partial charge in [0.15, 0.2) is 6.04 Å². The molecule has 0 saturated heterocycles. The number of carboxylic acid groups (broad SMARTS) is 1. The first-order valence-electron chi connectivity index (χ1n) is 5.85. The number of halogens is 1. The number of carboxylic acids is 1. The number of rotatable bonds is 6. The summed E-state index contributed by atoms with van der Waals surface area (Å²) >= 11 is 0. The van der Waals surface area contributed by atoms with Crippen molar-refractivity contribution in [1.29, 1.82) is 0 Å². The summed E-state index contributed by atoms with van der Waals surface area (Å²) in [4.78, 5) is 22.3. The lowest BCUT2D eigenvalue weighted by atomic mass is 10.1. The second-order valence-electron chi connectivity index (χ2n) is 4.25. The van der Waals surface area contributed by atoms with Crippen molar-refractivity contribution in [1.82, 2.24) is 5.32 Å². The van der Waals surface area contributed by atoms with Crippen molar-refractivity contribution in [2.24, 2.45) is 0 Å². The number of nitrogens with one attached hydrogen (secondary N) is 1. The predicted molar refractivity (Wildman–Crippen MR) is 66.0 cm³/mol. The highest BCUT2D eigenvalue weighted by atomic mass is 19.1. The van der Waals surface area contributed by atoms with Crippen LogP contribution in [0, 0.1) is 5.82 Å². The molecule has 0 heterocycles. The molecular formula is C13H16FNO4. The maximum Gasteiger partial charge on any atom is 0.328 e. The number of hydrogen-bond acceptors (Lipinski definition) is 3. The number of aryl methyl sites for hydroxylation is 1. The molecule has 0 unspecified atom stereocenters. The number of hydrogen-bond donors (Lipinski definition) is 3. The maximum absolute atomic E-state index is 12.7.